The average molecular weight is 303 g/mol. The highest BCUT2D eigenvalue weighted by molar-refractivity contribution is 7.11. The number of para-hydroxylation sites is 1. The largest absolute Gasteiger partial charge is 0.385 e. The third kappa shape index (κ3) is 3.61. The van der Waals surface area contributed by atoms with Crippen molar-refractivity contribution in [3.05, 3.63) is 45.4 Å². The Kier molecular flexibility index (Phi) is 4.96. The average Bonchev–Trinajstić information content (AvgIpc) is 2.78. The third-order valence-electron chi connectivity index (χ3n) is 3.22. The highest BCUT2D eigenvalue weighted by Crippen LogP contribution is 2.25. The maximum absolute atomic E-state index is 12.5. The summed E-state index contributed by atoms with van der Waals surface area (Å²) in [6.07, 6.45) is 0. The van der Waals surface area contributed by atoms with Gasteiger partial charge in [0, 0.05) is 17.1 Å². The van der Waals surface area contributed by atoms with Gasteiger partial charge in [-0.25, -0.2) is 4.98 Å². The zero-order valence-corrected chi connectivity index (χ0v) is 13.7. The van der Waals surface area contributed by atoms with Crippen molar-refractivity contribution < 1.29 is 4.79 Å². The standard InChI is InChI=1S/C16H21N3OS/c1-5-17-14-9-7-6-8-13(14)16(20)19-11(3)15-10(2)18-12(4)21-15/h6-9,11,17H,5H2,1-4H3,(H,19,20). The lowest BCUT2D eigenvalue weighted by atomic mass is 10.1. The zero-order chi connectivity index (χ0) is 15.4. The molecule has 0 aliphatic carbocycles. The molecule has 0 bridgehead atoms. The molecule has 112 valence electrons. The SMILES string of the molecule is CCNc1ccccc1C(=O)NC(C)c1sc(C)nc1C. The van der Waals surface area contributed by atoms with E-state index < -0.39 is 0 Å². The van der Waals surface area contributed by atoms with Crippen LogP contribution in [0.1, 0.15) is 45.8 Å². The van der Waals surface area contributed by atoms with Crippen LogP contribution in [0.5, 0.6) is 0 Å². The lowest BCUT2D eigenvalue weighted by molar-refractivity contribution is 0.0941. The Morgan fingerprint density at radius 3 is 2.67 bits per heavy atom. The van der Waals surface area contributed by atoms with Crippen LogP contribution in [0, 0.1) is 13.8 Å². The molecular weight excluding hydrogens is 282 g/mol. The summed E-state index contributed by atoms with van der Waals surface area (Å²) in [7, 11) is 0. The van der Waals surface area contributed by atoms with Crippen molar-refractivity contribution in [3.8, 4) is 0 Å². The summed E-state index contributed by atoms with van der Waals surface area (Å²) in [4.78, 5) is 18.0. The van der Waals surface area contributed by atoms with Gasteiger partial charge in [0.15, 0.2) is 0 Å². The van der Waals surface area contributed by atoms with Crippen LogP contribution in [-0.4, -0.2) is 17.4 Å². The van der Waals surface area contributed by atoms with E-state index >= 15 is 0 Å². The number of aryl methyl sites for hydroxylation is 2. The maximum atomic E-state index is 12.5. The van der Waals surface area contributed by atoms with Crippen molar-refractivity contribution in [2.24, 2.45) is 0 Å². The Hall–Kier alpha value is -1.88. The molecule has 1 unspecified atom stereocenters. The number of carbonyl (C=O) groups excluding carboxylic acids is 1. The van der Waals surface area contributed by atoms with Gasteiger partial charge in [-0.1, -0.05) is 12.1 Å². The summed E-state index contributed by atoms with van der Waals surface area (Å²) in [5.41, 5.74) is 2.53. The molecule has 1 amide bonds. The van der Waals surface area contributed by atoms with Gasteiger partial charge in [-0.3, -0.25) is 4.79 Å². The molecule has 2 aromatic rings. The number of carbonyl (C=O) groups is 1. The fraction of sp³-hybridized carbons (Fsp3) is 0.375. The number of rotatable bonds is 5. The zero-order valence-electron chi connectivity index (χ0n) is 12.9. The van der Waals surface area contributed by atoms with Crippen LogP contribution < -0.4 is 10.6 Å². The molecule has 4 nitrogen and oxygen atoms in total. The minimum absolute atomic E-state index is 0.0432. The van der Waals surface area contributed by atoms with E-state index in [9.17, 15) is 4.79 Å². The lowest BCUT2D eigenvalue weighted by Gasteiger charge is -2.15. The summed E-state index contributed by atoms with van der Waals surface area (Å²) in [5.74, 6) is -0.0653. The van der Waals surface area contributed by atoms with E-state index in [4.69, 9.17) is 0 Å². The number of benzene rings is 1. The van der Waals surface area contributed by atoms with Crippen LogP contribution in [-0.2, 0) is 0 Å². The van der Waals surface area contributed by atoms with Crippen molar-refractivity contribution in [2.45, 2.75) is 33.7 Å². The van der Waals surface area contributed by atoms with Crippen LogP contribution in [0.15, 0.2) is 24.3 Å². The lowest BCUT2D eigenvalue weighted by Crippen LogP contribution is -2.27. The van der Waals surface area contributed by atoms with E-state index in [1.54, 1.807) is 11.3 Å². The summed E-state index contributed by atoms with van der Waals surface area (Å²) < 4.78 is 0. The van der Waals surface area contributed by atoms with Crippen LogP contribution in [0.25, 0.3) is 0 Å². The van der Waals surface area contributed by atoms with Gasteiger partial charge in [0.2, 0.25) is 0 Å². The second-order valence-corrected chi connectivity index (χ2v) is 6.19. The molecule has 1 atom stereocenters. The van der Waals surface area contributed by atoms with Crippen molar-refractivity contribution in [1.29, 1.82) is 0 Å². The first-order chi connectivity index (χ1) is 10.0. The monoisotopic (exact) mass is 303 g/mol. The molecule has 2 N–H and O–H groups in total. The molecule has 1 aromatic heterocycles. The number of hydrogen-bond acceptors (Lipinski definition) is 4. The van der Waals surface area contributed by atoms with Crippen molar-refractivity contribution in [2.75, 3.05) is 11.9 Å². The van der Waals surface area contributed by atoms with Crippen LogP contribution in [0.3, 0.4) is 0 Å². The summed E-state index contributed by atoms with van der Waals surface area (Å²) >= 11 is 1.63. The molecule has 5 heteroatoms. The van der Waals surface area contributed by atoms with E-state index in [2.05, 4.69) is 15.6 Å². The number of nitrogens with one attached hydrogen (secondary N) is 2. The number of hydrogen-bond donors (Lipinski definition) is 2. The molecule has 0 fully saturated rings. The van der Waals surface area contributed by atoms with Gasteiger partial charge in [0.05, 0.1) is 22.3 Å². The minimum atomic E-state index is -0.0653. The second-order valence-electron chi connectivity index (χ2n) is 4.95. The van der Waals surface area contributed by atoms with Gasteiger partial charge in [0.25, 0.3) is 5.91 Å². The molecule has 0 saturated carbocycles. The van der Waals surface area contributed by atoms with E-state index in [-0.39, 0.29) is 11.9 Å². The van der Waals surface area contributed by atoms with Crippen LogP contribution >= 0.6 is 11.3 Å². The van der Waals surface area contributed by atoms with Crippen molar-refractivity contribution >= 4 is 22.9 Å². The fourth-order valence-corrected chi connectivity index (χ4v) is 3.24. The van der Waals surface area contributed by atoms with Crippen LogP contribution in [0.4, 0.5) is 5.69 Å². The third-order valence-corrected chi connectivity index (χ3v) is 4.47. The van der Waals surface area contributed by atoms with Gasteiger partial charge in [0.1, 0.15) is 0 Å². The number of anilines is 1. The maximum Gasteiger partial charge on any atom is 0.253 e. The van der Waals surface area contributed by atoms with E-state index in [1.165, 1.54) is 0 Å². The van der Waals surface area contributed by atoms with Crippen molar-refractivity contribution in [3.63, 3.8) is 0 Å². The van der Waals surface area contributed by atoms with E-state index in [0.717, 1.165) is 27.8 Å². The van der Waals surface area contributed by atoms with Gasteiger partial charge in [-0.15, -0.1) is 11.3 Å². The van der Waals surface area contributed by atoms with Gasteiger partial charge < -0.3 is 10.6 Å². The Bertz CT molecular complexity index is 636. The molecule has 0 aliphatic heterocycles. The topological polar surface area (TPSA) is 54.0 Å². The number of amides is 1. The quantitative estimate of drug-likeness (QED) is 0.886. The molecule has 21 heavy (non-hydrogen) atoms. The molecule has 0 saturated heterocycles. The molecule has 0 radical (unpaired) electrons. The van der Waals surface area contributed by atoms with E-state index in [0.29, 0.717) is 5.56 Å². The van der Waals surface area contributed by atoms with Crippen LogP contribution in [0.2, 0.25) is 0 Å². The molecular formula is C16H21N3OS. The Morgan fingerprint density at radius 1 is 1.33 bits per heavy atom. The first-order valence-corrected chi connectivity index (χ1v) is 7.92. The van der Waals surface area contributed by atoms with Crippen molar-refractivity contribution in [1.82, 2.24) is 10.3 Å². The Morgan fingerprint density at radius 2 is 2.05 bits per heavy atom. The molecule has 1 heterocycles. The first-order valence-electron chi connectivity index (χ1n) is 7.10. The smallest absolute Gasteiger partial charge is 0.253 e. The first kappa shape index (κ1) is 15.5. The summed E-state index contributed by atoms with van der Waals surface area (Å²) in [5, 5.41) is 7.30. The van der Waals surface area contributed by atoms with Gasteiger partial charge in [-0.2, -0.15) is 0 Å². The predicted molar refractivity (Wildman–Crippen MR) is 88.1 cm³/mol. The number of nitrogens with zero attached hydrogens (tertiary/aromatic N) is 1. The van der Waals surface area contributed by atoms with E-state index in [1.807, 2.05) is 52.0 Å². The highest BCUT2D eigenvalue weighted by Gasteiger charge is 2.17. The van der Waals surface area contributed by atoms with Gasteiger partial charge in [-0.05, 0) is 39.8 Å². The minimum Gasteiger partial charge on any atom is -0.385 e. The molecule has 0 spiro atoms. The normalized spacial score (nSPS) is 12.0. The molecule has 2 rings (SSSR count). The summed E-state index contributed by atoms with van der Waals surface area (Å²) in [6.45, 7) is 8.76. The summed E-state index contributed by atoms with van der Waals surface area (Å²) in [6, 6.07) is 7.52. The Balaban J connectivity index is 2.16. The van der Waals surface area contributed by atoms with Gasteiger partial charge >= 0.3 is 0 Å². The molecule has 1 aromatic carbocycles. The highest BCUT2D eigenvalue weighted by atomic mass is 32.1. The number of thiazole rings is 1. The predicted octanol–water partition coefficient (Wildman–Crippen LogP) is 3.68. The fourth-order valence-electron chi connectivity index (χ4n) is 2.31. The number of aromatic nitrogens is 1. The molecule has 0 aliphatic rings. The Labute approximate surface area is 129 Å². The second kappa shape index (κ2) is 6.72.